The fourth-order valence-electron chi connectivity index (χ4n) is 5.14. The van der Waals surface area contributed by atoms with Gasteiger partial charge in [-0.05, 0) is 42.0 Å². The van der Waals surface area contributed by atoms with Crippen molar-refractivity contribution < 1.29 is 0 Å². The van der Waals surface area contributed by atoms with Crippen LogP contribution >= 0.6 is 11.3 Å². The van der Waals surface area contributed by atoms with Crippen molar-refractivity contribution in [3.63, 3.8) is 0 Å². The number of fused-ring (bicyclic) bond motifs is 6. The van der Waals surface area contributed by atoms with E-state index in [4.69, 9.17) is 5.73 Å². The van der Waals surface area contributed by atoms with Crippen molar-refractivity contribution in [1.82, 2.24) is 4.57 Å². The van der Waals surface area contributed by atoms with Gasteiger partial charge >= 0.3 is 0 Å². The van der Waals surface area contributed by atoms with Crippen molar-refractivity contribution in [2.75, 3.05) is 5.73 Å². The predicted octanol–water partition coefficient (Wildman–Crippen LogP) is 8.40. The number of nitrogens with zero attached hydrogens (tertiary/aromatic N) is 1. The zero-order valence-electron chi connectivity index (χ0n) is 17.8. The normalized spacial score (nSPS) is 11.8. The minimum absolute atomic E-state index is 0.762. The van der Waals surface area contributed by atoms with E-state index < -0.39 is 0 Å². The highest BCUT2D eigenvalue weighted by atomic mass is 32.1. The largest absolute Gasteiger partial charge is 0.399 e. The van der Waals surface area contributed by atoms with Crippen LogP contribution in [0.3, 0.4) is 0 Å². The van der Waals surface area contributed by atoms with Crippen LogP contribution in [-0.4, -0.2) is 4.57 Å². The second kappa shape index (κ2) is 6.96. The van der Waals surface area contributed by atoms with E-state index in [0.717, 1.165) is 11.4 Å². The molecule has 0 bridgehead atoms. The van der Waals surface area contributed by atoms with Gasteiger partial charge in [-0.3, -0.25) is 0 Å². The first-order chi connectivity index (χ1) is 16.3. The third-order valence-corrected chi connectivity index (χ3v) is 7.67. The number of aromatic nitrogens is 1. The summed E-state index contributed by atoms with van der Waals surface area (Å²) >= 11 is 1.85. The molecule has 2 nitrogen and oxygen atoms in total. The summed E-state index contributed by atoms with van der Waals surface area (Å²) in [5.74, 6) is 0. The monoisotopic (exact) mass is 440 g/mol. The topological polar surface area (TPSA) is 30.9 Å². The number of nitrogens with two attached hydrogens (primary N) is 1. The van der Waals surface area contributed by atoms with Gasteiger partial charge in [0.15, 0.2) is 0 Å². The van der Waals surface area contributed by atoms with Crippen LogP contribution in [-0.2, 0) is 0 Å². The molecular formula is C30H20N2S. The summed E-state index contributed by atoms with van der Waals surface area (Å²) in [6.45, 7) is 0. The maximum atomic E-state index is 6.37. The molecule has 0 aliphatic rings. The first-order valence-electron chi connectivity index (χ1n) is 11.1. The number of benzene rings is 5. The van der Waals surface area contributed by atoms with E-state index in [1.54, 1.807) is 0 Å². The van der Waals surface area contributed by atoms with E-state index in [-0.39, 0.29) is 0 Å². The molecule has 0 aliphatic carbocycles. The van der Waals surface area contributed by atoms with Gasteiger partial charge in [0.05, 0.1) is 16.7 Å². The maximum absolute atomic E-state index is 6.37. The van der Waals surface area contributed by atoms with Crippen molar-refractivity contribution in [2.24, 2.45) is 0 Å². The highest BCUT2D eigenvalue weighted by molar-refractivity contribution is 7.25. The molecule has 156 valence electrons. The molecule has 0 unspecified atom stereocenters. The summed E-state index contributed by atoms with van der Waals surface area (Å²) in [4.78, 5) is 0. The number of anilines is 1. The van der Waals surface area contributed by atoms with Gasteiger partial charge in [-0.25, -0.2) is 0 Å². The molecule has 0 aliphatic heterocycles. The first-order valence-corrected chi connectivity index (χ1v) is 11.9. The predicted molar refractivity (Wildman–Crippen MR) is 144 cm³/mol. The summed E-state index contributed by atoms with van der Waals surface area (Å²) in [6, 6.07) is 38.8. The minimum Gasteiger partial charge on any atom is -0.399 e. The first kappa shape index (κ1) is 18.5. The van der Waals surface area contributed by atoms with Crippen LogP contribution in [0.1, 0.15) is 0 Å². The lowest BCUT2D eigenvalue weighted by Crippen LogP contribution is -1.99. The number of rotatable bonds is 2. The number of thiophene rings is 1. The number of nitrogen functional groups attached to an aromatic ring is 1. The molecule has 0 atom stereocenters. The van der Waals surface area contributed by atoms with Crippen LogP contribution in [0.2, 0.25) is 0 Å². The Morgan fingerprint density at radius 1 is 0.545 bits per heavy atom. The van der Waals surface area contributed by atoms with Gasteiger partial charge in [0.25, 0.3) is 0 Å². The minimum atomic E-state index is 0.762. The molecule has 3 heteroatoms. The Kier molecular flexibility index (Phi) is 3.90. The van der Waals surface area contributed by atoms with Crippen molar-refractivity contribution in [1.29, 1.82) is 0 Å². The lowest BCUT2D eigenvalue weighted by atomic mass is 9.97. The van der Waals surface area contributed by atoms with E-state index in [2.05, 4.69) is 108 Å². The molecule has 0 fully saturated rings. The molecule has 2 heterocycles. The molecule has 2 aromatic heterocycles. The smallest absolute Gasteiger partial charge is 0.0561 e. The third kappa shape index (κ3) is 2.66. The molecule has 2 N–H and O–H groups in total. The van der Waals surface area contributed by atoms with Crippen LogP contribution in [0, 0.1) is 0 Å². The Balaban J connectivity index is 1.64. The highest BCUT2D eigenvalue weighted by Gasteiger charge is 2.18. The highest BCUT2D eigenvalue weighted by Crippen LogP contribution is 2.43. The summed E-state index contributed by atoms with van der Waals surface area (Å²) in [5, 5.41) is 5.12. The molecule has 33 heavy (non-hydrogen) atoms. The third-order valence-electron chi connectivity index (χ3n) is 6.54. The van der Waals surface area contributed by atoms with E-state index in [9.17, 15) is 0 Å². The summed E-state index contributed by atoms with van der Waals surface area (Å²) in [7, 11) is 0. The van der Waals surface area contributed by atoms with Gasteiger partial charge in [0.2, 0.25) is 0 Å². The van der Waals surface area contributed by atoms with Crippen LogP contribution in [0.4, 0.5) is 5.69 Å². The molecule has 0 radical (unpaired) electrons. The van der Waals surface area contributed by atoms with E-state index in [0.29, 0.717) is 0 Å². The zero-order valence-corrected chi connectivity index (χ0v) is 18.6. The van der Waals surface area contributed by atoms with Gasteiger partial charge in [0.1, 0.15) is 0 Å². The SMILES string of the molecule is Nc1ccc(-c2cccc3sc4ccccc4c23)c(-n2c3ccccc3c3ccccc32)c1. The van der Waals surface area contributed by atoms with Crippen molar-refractivity contribution in [3.05, 3.63) is 109 Å². The van der Waals surface area contributed by atoms with E-state index in [1.165, 1.54) is 53.1 Å². The molecule has 5 aromatic carbocycles. The molecule has 0 amide bonds. The molecule has 7 aromatic rings. The standard InChI is InChI=1S/C30H20N2S/c31-19-16-17-22(23-11-7-15-29-30(23)24-10-3-6-14-28(24)33-29)27(18-19)32-25-12-4-1-8-20(25)21-9-2-5-13-26(21)32/h1-18H,31H2. The van der Waals surface area contributed by atoms with E-state index >= 15 is 0 Å². The summed E-state index contributed by atoms with van der Waals surface area (Å²) < 4.78 is 4.98. The number of para-hydroxylation sites is 2. The maximum Gasteiger partial charge on any atom is 0.0561 e. The molecule has 7 rings (SSSR count). The second-order valence-corrected chi connectivity index (χ2v) is 9.51. The van der Waals surface area contributed by atoms with Crippen LogP contribution < -0.4 is 5.73 Å². The van der Waals surface area contributed by atoms with Crippen LogP contribution in [0.5, 0.6) is 0 Å². The summed E-state index contributed by atoms with van der Waals surface area (Å²) in [5.41, 5.74) is 13.0. The molecule has 0 spiro atoms. The van der Waals surface area contributed by atoms with Gasteiger partial charge in [-0.1, -0.05) is 72.8 Å². The average molecular weight is 441 g/mol. The number of hydrogen-bond acceptors (Lipinski definition) is 2. The average Bonchev–Trinajstić information content (AvgIpc) is 3.40. The lowest BCUT2D eigenvalue weighted by molar-refractivity contribution is 1.18. The van der Waals surface area contributed by atoms with Crippen LogP contribution in [0.15, 0.2) is 109 Å². The lowest BCUT2D eigenvalue weighted by Gasteiger charge is -2.16. The molecule has 0 saturated carbocycles. The Morgan fingerprint density at radius 3 is 1.94 bits per heavy atom. The molecule has 0 saturated heterocycles. The van der Waals surface area contributed by atoms with Gasteiger partial charge in [-0.15, -0.1) is 11.3 Å². The van der Waals surface area contributed by atoms with Crippen molar-refractivity contribution in [3.8, 4) is 16.8 Å². The second-order valence-electron chi connectivity index (χ2n) is 8.42. The Morgan fingerprint density at radius 2 is 1.18 bits per heavy atom. The Labute approximate surface area is 195 Å². The summed E-state index contributed by atoms with van der Waals surface area (Å²) in [6.07, 6.45) is 0. The van der Waals surface area contributed by atoms with Gasteiger partial charge in [0, 0.05) is 42.2 Å². The quantitative estimate of drug-likeness (QED) is 0.269. The molecular weight excluding hydrogens is 420 g/mol. The van der Waals surface area contributed by atoms with Gasteiger partial charge < -0.3 is 10.3 Å². The van der Waals surface area contributed by atoms with Crippen molar-refractivity contribution >= 4 is 59.0 Å². The number of hydrogen-bond donors (Lipinski definition) is 1. The van der Waals surface area contributed by atoms with Gasteiger partial charge in [-0.2, -0.15) is 0 Å². The zero-order chi connectivity index (χ0) is 21.9. The fourth-order valence-corrected chi connectivity index (χ4v) is 6.27. The van der Waals surface area contributed by atoms with E-state index in [1.807, 2.05) is 17.4 Å². The van der Waals surface area contributed by atoms with Crippen molar-refractivity contribution in [2.45, 2.75) is 0 Å². The Bertz CT molecular complexity index is 1780. The Hall–Kier alpha value is -4.08. The van der Waals surface area contributed by atoms with Crippen LogP contribution in [0.25, 0.3) is 58.8 Å². The fraction of sp³-hybridized carbons (Fsp3) is 0.